The lowest BCUT2D eigenvalue weighted by atomic mass is 10.1. The monoisotopic (exact) mass is 336 g/mol. The van der Waals surface area contributed by atoms with Crippen LogP contribution in [-0.4, -0.2) is 23.5 Å². The molecule has 0 bridgehead atoms. The third-order valence-corrected chi connectivity index (χ3v) is 3.93. The van der Waals surface area contributed by atoms with Crippen LogP contribution < -0.4 is 5.32 Å². The Labute approximate surface area is 146 Å². The van der Waals surface area contributed by atoms with Crippen LogP contribution >= 0.6 is 0 Å². The van der Waals surface area contributed by atoms with Gasteiger partial charge in [0.2, 0.25) is 5.91 Å². The zero-order valence-corrected chi connectivity index (χ0v) is 14.0. The number of H-pyrrole nitrogens is 1. The molecule has 2 N–H and O–H groups in total. The quantitative estimate of drug-likeness (QED) is 0.670. The van der Waals surface area contributed by atoms with E-state index in [4.69, 9.17) is 4.74 Å². The second-order valence-corrected chi connectivity index (χ2v) is 5.67. The summed E-state index contributed by atoms with van der Waals surface area (Å²) >= 11 is 0. The SMILES string of the molecule is CCOC(=O)c1[nH]c2ccccc2c1NC(=O)CCc1ccccc1. The van der Waals surface area contributed by atoms with Crippen molar-refractivity contribution >= 4 is 28.5 Å². The molecule has 1 aromatic heterocycles. The van der Waals surface area contributed by atoms with Gasteiger partial charge in [0, 0.05) is 17.3 Å². The summed E-state index contributed by atoms with van der Waals surface area (Å²) in [5.74, 6) is -0.615. The normalized spacial score (nSPS) is 10.6. The molecule has 0 atom stereocenters. The summed E-state index contributed by atoms with van der Waals surface area (Å²) in [4.78, 5) is 27.6. The Morgan fingerprint density at radius 3 is 2.52 bits per heavy atom. The van der Waals surface area contributed by atoms with Crippen LogP contribution in [0.25, 0.3) is 10.9 Å². The van der Waals surface area contributed by atoms with E-state index in [2.05, 4.69) is 10.3 Å². The Bertz CT molecular complexity index is 884. The molecule has 0 aliphatic rings. The van der Waals surface area contributed by atoms with Crippen LogP contribution in [-0.2, 0) is 16.0 Å². The number of ether oxygens (including phenoxy) is 1. The van der Waals surface area contributed by atoms with Crippen LogP contribution in [0, 0.1) is 0 Å². The number of amides is 1. The van der Waals surface area contributed by atoms with Gasteiger partial charge >= 0.3 is 5.97 Å². The second kappa shape index (κ2) is 7.66. The minimum Gasteiger partial charge on any atom is -0.461 e. The van der Waals surface area contributed by atoms with Crippen molar-refractivity contribution in [2.75, 3.05) is 11.9 Å². The van der Waals surface area contributed by atoms with Crippen molar-refractivity contribution < 1.29 is 14.3 Å². The predicted octanol–water partition coefficient (Wildman–Crippen LogP) is 3.92. The lowest BCUT2D eigenvalue weighted by Crippen LogP contribution is -2.15. The number of carbonyl (C=O) groups excluding carboxylic acids is 2. The van der Waals surface area contributed by atoms with Crippen molar-refractivity contribution in [3.63, 3.8) is 0 Å². The molecule has 0 spiro atoms. The number of aromatic amines is 1. The molecular weight excluding hydrogens is 316 g/mol. The molecule has 0 aliphatic carbocycles. The van der Waals surface area contributed by atoms with E-state index in [1.54, 1.807) is 6.92 Å². The Kier molecular flexibility index (Phi) is 5.14. The van der Waals surface area contributed by atoms with Crippen LogP contribution in [0.15, 0.2) is 54.6 Å². The third kappa shape index (κ3) is 3.88. The first-order chi connectivity index (χ1) is 12.2. The number of esters is 1. The van der Waals surface area contributed by atoms with Crippen molar-refractivity contribution in [1.82, 2.24) is 4.98 Å². The Morgan fingerprint density at radius 2 is 1.76 bits per heavy atom. The van der Waals surface area contributed by atoms with E-state index in [1.807, 2.05) is 54.6 Å². The summed E-state index contributed by atoms with van der Waals surface area (Å²) in [6.07, 6.45) is 0.982. The molecular formula is C20H20N2O3. The summed E-state index contributed by atoms with van der Waals surface area (Å²) in [7, 11) is 0. The molecule has 0 fully saturated rings. The van der Waals surface area contributed by atoms with Crippen molar-refractivity contribution in [2.24, 2.45) is 0 Å². The predicted molar refractivity (Wildman–Crippen MR) is 97.6 cm³/mol. The van der Waals surface area contributed by atoms with Crippen LogP contribution in [0.5, 0.6) is 0 Å². The first-order valence-corrected chi connectivity index (χ1v) is 8.30. The highest BCUT2D eigenvalue weighted by atomic mass is 16.5. The van der Waals surface area contributed by atoms with Crippen LogP contribution in [0.4, 0.5) is 5.69 Å². The third-order valence-electron chi connectivity index (χ3n) is 3.93. The highest BCUT2D eigenvalue weighted by Crippen LogP contribution is 2.28. The van der Waals surface area contributed by atoms with Gasteiger partial charge in [-0.25, -0.2) is 4.79 Å². The van der Waals surface area contributed by atoms with Gasteiger partial charge in [-0.3, -0.25) is 4.79 Å². The second-order valence-electron chi connectivity index (χ2n) is 5.67. The van der Waals surface area contributed by atoms with Crippen LogP contribution in [0.3, 0.4) is 0 Å². The number of fused-ring (bicyclic) bond motifs is 1. The largest absolute Gasteiger partial charge is 0.461 e. The summed E-state index contributed by atoms with van der Waals surface area (Å²) in [5, 5.41) is 3.66. The molecule has 1 heterocycles. The van der Waals surface area contributed by atoms with Gasteiger partial charge in [0.25, 0.3) is 0 Å². The molecule has 0 saturated heterocycles. The lowest BCUT2D eigenvalue weighted by molar-refractivity contribution is -0.116. The van der Waals surface area contributed by atoms with Crippen molar-refractivity contribution in [2.45, 2.75) is 19.8 Å². The topological polar surface area (TPSA) is 71.2 Å². The van der Waals surface area contributed by atoms with Gasteiger partial charge < -0.3 is 15.0 Å². The van der Waals surface area contributed by atoms with Gasteiger partial charge in [-0.2, -0.15) is 0 Å². The number of hydrogen-bond acceptors (Lipinski definition) is 3. The molecule has 0 saturated carbocycles. The first-order valence-electron chi connectivity index (χ1n) is 8.30. The maximum Gasteiger partial charge on any atom is 0.356 e. The molecule has 0 unspecified atom stereocenters. The number of anilines is 1. The van der Waals surface area contributed by atoms with Gasteiger partial charge in [0.05, 0.1) is 12.3 Å². The molecule has 128 valence electrons. The van der Waals surface area contributed by atoms with E-state index in [0.29, 0.717) is 18.5 Å². The van der Waals surface area contributed by atoms with E-state index in [-0.39, 0.29) is 18.2 Å². The molecule has 5 heteroatoms. The first kappa shape index (κ1) is 16.8. The van der Waals surface area contributed by atoms with Crippen LogP contribution in [0.2, 0.25) is 0 Å². The van der Waals surface area contributed by atoms with Gasteiger partial charge in [0.1, 0.15) is 5.69 Å². The van der Waals surface area contributed by atoms with Gasteiger partial charge in [-0.1, -0.05) is 48.5 Å². The number of carbonyl (C=O) groups is 2. The van der Waals surface area contributed by atoms with E-state index < -0.39 is 5.97 Å². The molecule has 0 radical (unpaired) electrons. The number of nitrogens with one attached hydrogen (secondary N) is 2. The zero-order chi connectivity index (χ0) is 17.6. The molecule has 3 rings (SSSR count). The minimum atomic E-state index is -0.475. The Balaban J connectivity index is 1.80. The van der Waals surface area contributed by atoms with Crippen molar-refractivity contribution in [3.8, 4) is 0 Å². The summed E-state index contributed by atoms with van der Waals surface area (Å²) < 4.78 is 5.09. The molecule has 3 aromatic rings. The molecule has 1 amide bonds. The number of benzene rings is 2. The standard InChI is InChI=1S/C20H20N2O3/c1-2-25-20(24)19-18(15-10-6-7-11-16(15)21-19)22-17(23)13-12-14-8-4-3-5-9-14/h3-11,21H,2,12-13H2,1H3,(H,22,23). The van der Waals surface area contributed by atoms with Gasteiger partial charge in [-0.15, -0.1) is 0 Å². The van der Waals surface area contributed by atoms with Gasteiger partial charge in [-0.05, 0) is 25.0 Å². The fourth-order valence-corrected chi connectivity index (χ4v) is 2.73. The number of rotatable bonds is 6. The molecule has 25 heavy (non-hydrogen) atoms. The molecule has 0 aliphatic heterocycles. The number of aromatic nitrogens is 1. The van der Waals surface area contributed by atoms with E-state index in [1.165, 1.54) is 0 Å². The van der Waals surface area contributed by atoms with Crippen molar-refractivity contribution in [1.29, 1.82) is 0 Å². The number of aryl methyl sites for hydroxylation is 1. The summed E-state index contributed by atoms with van der Waals surface area (Å²) in [5.41, 5.74) is 2.63. The number of hydrogen-bond donors (Lipinski definition) is 2. The maximum absolute atomic E-state index is 12.4. The highest BCUT2D eigenvalue weighted by Gasteiger charge is 2.20. The van der Waals surface area contributed by atoms with Gasteiger partial charge in [0.15, 0.2) is 0 Å². The summed E-state index contributed by atoms with van der Waals surface area (Å²) in [6.45, 7) is 2.02. The zero-order valence-electron chi connectivity index (χ0n) is 14.0. The number of para-hydroxylation sites is 1. The fourth-order valence-electron chi connectivity index (χ4n) is 2.73. The van der Waals surface area contributed by atoms with E-state index >= 15 is 0 Å². The average molecular weight is 336 g/mol. The Morgan fingerprint density at radius 1 is 1.04 bits per heavy atom. The minimum absolute atomic E-state index is 0.140. The smallest absolute Gasteiger partial charge is 0.356 e. The van der Waals surface area contributed by atoms with E-state index in [0.717, 1.165) is 16.5 Å². The van der Waals surface area contributed by atoms with E-state index in [9.17, 15) is 9.59 Å². The Hall–Kier alpha value is -3.08. The molecule has 2 aromatic carbocycles. The lowest BCUT2D eigenvalue weighted by Gasteiger charge is -2.07. The van der Waals surface area contributed by atoms with Crippen molar-refractivity contribution in [3.05, 3.63) is 65.9 Å². The molecule has 5 nitrogen and oxygen atoms in total. The highest BCUT2D eigenvalue weighted by molar-refractivity contribution is 6.10. The van der Waals surface area contributed by atoms with Crippen LogP contribution in [0.1, 0.15) is 29.4 Å². The average Bonchev–Trinajstić information content (AvgIpc) is 3.00. The summed E-state index contributed by atoms with van der Waals surface area (Å²) in [6, 6.07) is 17.3. The maximum atomic E-state index is 12.4. The fraction of sp³-hybridized carbons (Fsp3) is 0.200.